The van der Waals surface area contributed by atoms with Gasteiger partial charge in [-0.2, -0.15) is 0 Å². The van der Waals surface area contributed by atoms with Gasteiger partial charge in [0.1, 0.15) is 11.5 Å². The van der Waals surface area contributed by atoms with E-state index < -0.39 is 0 Å². The van der Waals surface area contributed by atoms with Crippen molar-refractivity contribution in [2.24, 2.45) is 0 Å². The maximum atomic E-state index is 6.36. The van der Waals surface area contributed by atoms with E-state index in [9.17, 15) is 0 Å². The second kappa shape index (κ2) is 4.21. The molecule has 0 saturated heterocycles. The summed E-state index contributed by atoms with van der Waals surface area (Å²) in [7, 11) is 0. The molecule has 4 nitrogen and oxygen atoms in total. The molecule has 0 bridgehead atoms. The van der Waals surface area contributed by atoms with Crippen LogP contribution < -0.4 is 5.73 Å². The van der Waals surface area contributed by atoms with E-state index in [-0.39, 0.29) is 0 Å². The number of nitrogens with two attached hydrogens (primary N) is 1. The standard InChI is InChI=1S/C15H13ClN4/c16-10-3-1-4-11-14(10)20(9-7-8-9)15(19-11)12-5-2-6-13(17)18-12/h1-6,9H,7-8H2,(H2,17,18). The molecule has 0 radical (unpaired) electrons. The van der Waals surface area contributed by atoms with Crippen LogP contribution in [0.4, 0.5) is 5.82 Å². The molecule has 4 rings (SSSR count). The molecular weight excluding hydrogens is 272 g/mol. The third kappa shape index (κ3) is 1.76. The molecule has 3 aromatic rings. The second-order valence-corrected chi connectivity index (χ2v) is 5.50. The highest BCUT2D eigenvalue weighted by molar-refractivity contribution is 6.35. The number of hydrogen-bond acceptors (Lipinski definition) is 3. The predicted molar refractivity (Wildman–Crippen MR) is 80.7 cm³/mol. The van der Waals surface area contributed by atoms with Gasteiger partial charge in [-0.3, -0.25) is 0 Å². The first kappa shape index (κ1) is 11.7. The van der Waals surface area contributed by atoms with Crippen LogP contribution in [0.25, 0.3) is 22.6 Å². The van der Waals surface area contributed by atoms with Crippen LogP contribution in [0.5, 0.6) is 0 Å². The van der Waals surface area contributed by atoms with E-state index in [1.165, 1.54) is 0 Å². The molecule has 0 unspecified atom stereocenters. The molecule has 20 heavy (non-hydrogen) atoms. The van der Waals surface area contributed by atoms with Crippen LogP contribution in [0.15, 0.2) is 36.4 Å². The normalized spacial score (nSPS) is 14.8. The Labute approximate surface area is 121 Å². The van der Waals surface area contributed by atoms with Gasteiger partial charge < -0.3 is 10.3 Å². The van der Waals surface area contributed by atoms with Gasteiger partial charge in [0, 0.05) is 6.04 Å². The molecule has 1 aliphatic carbocycles. The Hall–Kier alpha value is -2.07. The van der Waals surface area contributed by atoms with Gasteiger partial charge in [-0.1, -0.05) is 23.7 Å². The lowest BCUT2D eigenvalue weighted by molar-refractivity contribution is 0.772. The summed E-state index contributed by atoms with van der Waals surface area (Å²) in [5.41, 5.74) is 8.49. The fourth-order valence-electron chi connectivity index (χ4n) is 2.55. The molecule has 0 aliphatic heterocycles. The van der Waals surface area contributed by atoms with Crippen LogP contribution in [-0.2, 0) is 0 Å². The Bertz CT molecular complexity index is 805. The van der Waals surface area contributed by atoms with Crippen molar-refractivity contribution < 1.29 is 0 Å². The van der Waals surface area contributed by atoms with E-state index in [0.717, 1.165) is 40.4 Å². The number of fused-ring (bicyclic) bond motifs is 1. The highest BCUT2D eigenvalue weighted by Gasteiger charge is 2.29. The van der Waals surface area contributed by atoms with E-state index in [2.05, 4.69) is 9.55 Å². The molecule has 1 aromatic carbocycles. The lowest BCUT2D eigenvalue weighted by Crippen LogP contribution is -2.00. The van der Waals surface area contributed by atoms with Crippen LogP contribution >= 0.6 is 11.6 Å². The number of nitrogen functional groups attached to an aromatic ring is 1. The zero-order valence-corrected chi connectivity index (χ0v) is 11.5. The molecule has 2 heterocycles. The number of imidazole rings is 1. The van der Waals surface area contributed by atoms with Gasteiger partial charge >= 0.3 is 0 Å². The summed E-state index contributed by atoms with van der Waals surface area (Å²) in [5, 5.41) is 0.733. The summed E-state index contributed by atoms with van der Waals surface area (Å²) in [6, 6.07) is 11.9. The number of pyridine rings is 1. The summed E-state index contributed by atoms with van der Waals surface area (Å²) < 4.78 is 2.21. The third-order valence-electron chi connectivity index (χ3n) is 3.57. The number of benzene rings is 1. The van der Waals surface area contributed by atoms with Crippen LogP contribution in [0.2, 0.25) is 5.02 Å². The highest BCUT2D eigenvalue weighted by atomic mass is 35.5. The number of aromatic nitrogens is 3. The average Bonchev–Trinajstić information content (AvgIpc) is 3.19. The number of anilines is 1. The van der Waals surface area contributed by atoms with Crippen molar-refractivity contribution in [3.05, 3.63) is 41.4 Å². The van der Waals surface area contributed by atoms with Crippen LogP contribution in [-0.4, -0.2) is 14.5 Å². The Balaban J connectivity index is 2.04. The van der Waals surface area contributed by atoms with Gasteiger partial charge in [-0.05, 0) is 37.1 Å². The van der Waals surface area contributed by atoms with E-state index in [1.54, 1.807) is 6.07 Å². The van der Waals surface area contributed by atoms with E-state index in [1.807, 2.05) is 30.3 Å². The van der Waals surface area contributed by atoms with E-state index in [0.29, 0.717) is 11.9 Å². The third-order valence-corrected chi connectivity index (χ3v) is 3.88. The summed E-state index contributed by atoms with van der Waals surface area (Å²) in [5.74, 6) is 1.35. The van der Waals surface area contributed by atoms with Crippen molar-refractivity contribution >= 4 is 28.5 Å². The molecule has 100 valence electrons. The van der Waals surface area contributed by atoms with Crippen molar-refractivity contribution in [1.29, 1.82) is 0 Å². The van der Waals surface area contributed by atoms with Crippen LogP contribution in [0.1, 0.15) is 18.9 Å². The Morgan fingerprint density at radius 1 is 1.10 bits per heavy atom. The topological polar surface area (TPSA) is 56.7 Å². The van der Waals surface area contributed by atoms with Crippen molar-refractivity contribution in [2.45, 2.75) is 18.9 Å². The van der Waals surface area contributed by atoms with Crippen molar-refractivity contribution in [3.63, 3.8) is 0 Å². The number of hydrogen-bond donors (Lipinski definition) is 1. The zero-order valence-electron chi connectivity index (χ0n) is 10.8. The van der Waals surface area contributed by atoms with E-state index >= 15 is 0 Å². The maximum absolute atomic E-state index is 6.36. The SMILES string of the molecule is Nc1cccc(-c2nc3cccc(Cl)c3n2C2CC2)n1. The van der Waals surface area contributed by atoms with Gasteiger partial charge in [0.15, 0.2) is 5.82 Å². The summed E-state index contributed by atoms with van der Waals surface area (Å²) in [6.07, 6.45) is 2.32. The van der Waals surface area contributed by atoms with Gasteiger partial charge in [0.2, 0.25) is 0 Å². The van der Waals surface area contributed by atoms with Crippen LogP contribution in [0.3, 0.4) is 0 Å². The molecule has 1 fully saturated rings. The fourth-order valence-corrected chi connectivity index (χ4v) is 2.81. The molecular formula is C15H13ClN4. The van der Waals surface area contributed by atoms with Crippen molar-refractivity contribution in [1.82, 2.24) is 14.5 Å². The van der Waals surface area contributed by atoms with Gasteiger partial charge in [-0.15, -0.1) is 0 Å². The zero-order chi connectivity index (χ0) is 13.7. The lowest BCUT2D eigenvalue weighted by atomic mass is 10.3. The van der Waals surface area contributed by atoms with Gasteiger partial charge in [-0.25, -0.2) is 9.97 Å². The molecule has 2 N–H and O–H groups in total. The minimum atomic E-state index is 0.470. The van der Waals surface area contributed by atoms with Gasteiger partial charge in [0.25, 0.3) is 0 Å². The molecule has 0 amide bonds. The molecule has 2 aromatic heterocycles. The minimum Gasteiger partial charge on any atom is -0.384 e. The summed E-state index contributed by atoms with van der Waals surface area (Å²) in [6.45, 7) is 0. The molecule has 1 aliphatic rings. The molecule has 1 saturated carbocycles. The first-order valence-electron chi connectivity index (χ1n) is 6.63. The van der Waals surface area contributed by atoms with Crippen molar-refractivity contribution in [2.75, 3.05) is 5.73 Å². The fraction of sp³-hybridized carbons (Fsp3) is 0.200. The Morgan fingerprint density at radius 3 is 2.65 bits per heavy atom. The average molecular weight is 285 g/mol. The molecule has 0 atom stereocenters. The molecule has 5 heteroatoms. The Morgan fingerprint density at radius 2 is 1.90 bits per heavy atom. The first-order chi connectivity index (χ1) is 9.74. The minimum absolute atomic E-state index is 0.470. The predicted octanol–water partition coefficient (Wildman–Crippen LogP) is 3.67. The smallest absolute Gasteiger partial charge is 0.160 e. The largest absolute Gasteiger partial charge is 0.384 e. The highest BCUT2D eigenvalue weighted by Crippen LogP contribution is 2.42. The van der Waals surface area contributed by atoms with Crippen molar-refractivity contribution in [3.8, 4) is 11.5 Å². The number of para-hydroxylation sites is 1. The number of rotatable bonds is 2. The van der Waals surface area contributed by atoms with Gasteiger partial charge in [0.05, 0.1) is 16.1 Å². The first-order valence-corrected chi connectivity index (χ1v) is 7.01. The van der Waals surface area contributed by atoms with Crippen LogP contribution in [0, 0.1) is 0 Å². The summed E-state index contributed by atoms with van der Waals surface area (Å²) in [4.78, 5) is 9.10. The van der Waals surface area contributed by atoms with E-state index in [4.69, 9.17) is 22.3 Å². The lowest BCUT2D eigenvalue weighted by Gasteiger charge is -2.08. The number of nitrogens with zero attached hydrogens (tertiary/aromatic N) is 3. The monoisotopic (exact) mass is 284 g/mol. The number of halogens is 1. The summed E-state index contributed by atoms with van der Waals surface area (Å²) >= 11 is 6.36. The second-order valence-electron chi connectivity index (χ2n) is 5.09. The Kier molecular flexibility index (Phi) is 2.47. The maximum Gasteiger partial charge on any atom is 0.160 e. The quantitative estimate of drug-likeness (QED) is 0.781. The molecule has 0 spiro atoms.